The Labute approximate surface area is 120 Å². The van der Waals surface area contributed by atoms with Crippen molar-refractivity contribution in [1.29, 1.82) is 0 Å². The van der Waals surface area contributed by atoms with Crippen LogP contribution in [-0.2, 0) is 6.54 Å². The molecule has 1 aromatic carbocycles. The fraction of sp³-hybridized carbons (Fsp3) is 0.308. The molecule has 0 saturated heterocycles. The number of nitrogens with two attached hydrogens (primary N) is 1. The SMILES string of the molecule is CC1CN(Cc2cnc(N)s2)c2cc(Cl)ccc2O1. The molecule has 1 aliphatic rings. The van der Waals surface area contributed by atoms with Crippen LogP contribution in [0.1, 0.15) is 11.8 Å². The van der Waals surface area contributed by atoms with Gasteiger partial charge in [-0.3, -0.25) is 0 Å². The number of fused-ring (bicyclic) bond motifs is 1. The maximum Gasteiger partial charge on any atom is 0.180 e. The molecule has 4 nitrogen and oxygen atoms in total. The Morgan fingerprint density at radius 1 is 1.58 bits per heavy atom. The van der Waals surface area contributed by atoms with E-state index < -0.39 is 0 Å². The Morgan fingerprint density at radius 2 is 2.42 bits per heavy atom. The second kappa shape index (κ2) is 4.90. The Morgan fingerprint density at radius 3 is 3.16 bits per heavy atom. The van der Waals surface area contributed by atoms with Crippen LogP contribution in [-0.4, -0.2) is 17.6 Å². The van der Waals surface area contributed by atoms with Gasteiger partial charge >= 0.3 is 0 Å². The van der Waals surface area contributed by atoms with Gasteiger partial charge < -0.3 is 15.4 Å². The first-order valence-electron chi connectivity index (χ1n) is 6.03. The Bertz CT molecular complexity index is 601. The molecule has 0 saturated carbocycles. The van der Waals surface area contributed by atoms with Gasteiger partial charge in [-0.2, -0.15) is 0 Å². The van der Waals surface area contributed by atoms with E-state index in [-0.39, 0.29) is 6.10 Å². The van der Waals surface area contributed by atoms with Gasteiger partial charge in [-0.1, -0.05) is 11.6 Å². The van der Waals surface area contributed by atoms with E-state index in [0.717, 1.165) is 29.4 Å². The summed E-state index contributed by atoms with van der Waals surface area (Å²) in [4.78, 5) is 7.48. The van der Waals surface area contributed by atoms with Crippen molar-refractivity contribution < 1.29 is 4.74 Å². The van der Waals surface area contributed by atoms with Gasteiger partial charge in [0.25, 0.3) is 0 Å². The molecule has 100 valence electrons. The van der Waals surface area contributed by atoms with Crippen molar-refractivity contribution in [2.45, 2.75) is 19.6 Å². The Balaban J connectivity index is 1.91. The predicted octanol–water partition coefficient (Wildman–Crippen LogP) is 3.17. The molecule has 2 aromatic rings. The van der Waals surface area contributed by atoms with Gasteiger partial charge in [0.2, 0.25) is 0 Å². The average molecular weight is 296 g/mol. The second-order valence-electron chi connectivity index (χ2n) is 4.59. The van der Waals surface area contributed by atoms with Gasteiger partial charge in [-0.05, 0) is 25.1 Å². The lowest BCUT2D eigenvalue weighted by Gasteiger charge is -2.34. The number of aromatic nitrogens is 1. The topological polar surface area (TPSA) is 51.4 Å². The Kier molecular flexibility index (Phi) is 3.24. The van der Waals surface area contributed by atoms with E-state index in [1.54, 1.807) is 0 Å². The first-order chi connectivity index (χ1) is 9.11. The molecule has 3 rings (SSSR count). The van der Waals surface area contributed by atoms with Crippen molar-refractivity contribution >= 4 is 33.8 Å². The summed E-state index contributed by atoms with van der Waals surface area (Å²) in [6.07, 6.45) is 1.98. The maximum absolute atomic E-state index is 6.07. The number of hydrogen-bond donors (Lipinski definition) is 1. The number of ether oxygens (including phenoxy) is 1. The van der Waals surface area contributed by atoms with E-state index in [4.69, 9.17) is 22.1 Å². The van der Waals surface area contributed by atoms with Gasteiger partial charge in [-0.25, -0.2) is 4.98 Å². The smallest absolute Gasteiger partial charge is 0.180 e. The van der Waals surface area contributed by atoms with Gasteiger partial charge in [0.05, 0.1) is 18.8 Å². The standard InChI is InChI=1S/C13H14ClN3OS/c1-8-6-17(7-10-5-16-13(15)19-10)11-4-9(14)2-3-12(11)18-8/h2-5,8H,6-7H2,1H3,(H2,15,16). The number of anilines is 2. The predicted molar refractivity (Wildman–Crippen MR) is 79.1 cm³/mol. The molecule has 1 aromatic heterocycles. The van der Waals surface area contributed by atoms with Crippen molar-refractivity contribution in [3.8, 4) is 5.75 Å². The quantitative estimate of drug-likeness (QED) is 0.924. The van der Waals surface area contributed by atoms with Crippen LogP contribution in [0, 0.1) is 0 Å². The highest BCUT2D eigenvalue weighted by Crippen LogP contribution is 2.36. The fourth-order valence-corrected chi connectivity index (χ4v) is 3.10. The van der Waals surface area contributed by atoms with E-state index in [1.165, 1.54) is 11.3 Å². The molecule has 19 heavy (non-hydrogen) atoms. The van der Waals surface area contributed by atoms with Crippen molar-refractivity contribution in [2.24, 2.45) is 0 Å². The van der Waals surface area contributed by atoms with Crippen LogP contribution >= 0.6 is 22.9 Å². The third-order valence-corrected chi connectivity index (χ3v) is 4.03. The lowest BCUT2D eigenvalue weighted by atomic mass is 10.2. The van der Waals surface area contributed by atoms with Crippen molar-refractivity contribution in [1.82, 2.24) is 4.98 Å². The van der Waals surface area contributed by atoms with Crippen LogP contribution in [0.3, 0.4) is 0 Å². The molecule has 0 spiro atoms. The van der Waals surface area contributed by atoms with Crippen LogP contribution < -0.4 is 15.4 Å². The summed E-state index contributed by atoms with van der Waals surface area (Å²) < 4.78 is 5.82. The summed E-state index contributed by atoms with van der Waals surface area (Å²) in [6.45, 7) is 3.66. The molecular formula is C13H14ClN3OS. The molecule has 0 fully saturated rings. The maximum atomic E-state index is 6.07. The second-order valence-corrected chi connectivity index (χ2v) is 6.17. The largest absolute Gasteiger partial charge is 0.487 e. The number of rotatable bonds is 2. The van der Waals surface area contributed by atoms with Gasteiger partial charge in [0.15, 0.2) is 5.13 Å². The number of benzene rings is 1. The molecule has 2 heterocycles. The zero-order valence-corrected chi connectivity index (χ0v) is 12.0. The Hall–Kier alpha value is -1.46. The lowest BCUT2D eigenvalue weighted by Crippen LogP contribution is -2.37. The first kappa shape index (κ1) is 12.6. The number of hydrogen-bond acceptors (Lipinski definition) is 5. The molecule has 1 atom stereocenters. The molecule has 0 aliphatic carbocycles. The lowest BCUT2D eigenvalue weighted by molar-refractivity contribution is 0.212. The number of nitrogen functional groups attached to an aromatic ring is 1. The highest BCUT2D eigenvalue weighted by Gasteiger charge is 2.23. The normalized spacial score (nSPS) is 18.0. The summed E-state index contributed by atoms with van der Waals surface area (Å²) in [6, 6.07) is 5.70. The fourth-order valence-electron chi connectivity index (χ4n) is 2.23. The minimum atomic E-state index is 0.152. The summed E-state index contributed by atoms with van der Waals surface area (Å²) in [7, 11) is 0. The van der Waals surface area contributed by atoms with Crippen LogP contribution in [0.4, 0.5) is 10.8 Å². The van der Waals surface area contributed by atoms with E-state index in [0.29, 0.717) is 10.2 Å². The molecule has 0 bridgehead atoms. The minimum Gasteiger partial charge on any atom is -0.487 e. The molecular weight excluding hydrogens is 282 g/mol. The zero-order valence-electron chi connectivity index (χ0n) is 10.5. The van der Waals surface area contributed by atoms with Crippen LogP contribution in [0.2, 0.25) is 5.02 Å². The van der Waals surface area contributed by atoms with Gasteiger partial charge in [0.1, 0.15) is 11.9 Å². The third-order valence-electron chi connectivity index (χ3n) is 2.99. The molecule has 2 N–H and O–H groups in total. The summed E-state index contributed by atoms with van der Waals surface area (Å²) in [5, 5.41) is 1.31. The molecule has 0 radical (unpaired) electrons. The van der Waals surface area contributed by atoms with E-state index in [2.05, 4.69) is 16.8 Å². The third kappa shape index (κ3) is 2.62. The summed E-state index contributed by atoms with van der Waals surface area (Å²) in [5.74, 6) is 0.876. The number of thiazole rings is 1. The van der Waals surface area contributed by atoms with E-state index in [1.807, 2.05) is 24.4 Å². The van der Waals surface area contributed by atoms with Crippen LogP contribution in [0.5, 0.6) is 5.75 Å². The molecule has 0 amide bonds. The number of halogens is 1. The van der Waals surface area contributed by atoms with Gasteiger partial charge in [0, 0.05) is 16.1 Å². The average Bonchev–Trinajstić information content (AvgIpc) is 2.76. The van der Waals surface area contributed by atoms with Crippen molar-refractivity contribution in [3.05, 3.63) is 34.3 Å². The minimum absolute atomic E-state index is 0.152. The van der Waals surface area contributed by atoms with Crippen LogP contribution in [0.15, 0.2) is 24.4 Å². The van der Waals surface area contributed by atoms with E-state index in [9.17, 15) is 0 Å². The molecule has 1 aliphatic heterocycles. The molecule has 1 unspecified atom stereocenters. The van der Waals surface area contributed by atoms with Crippen LogP contribution in [0.25, 0.3) is 0 Å². The first-order valence-corrected chi connectivity index (χ1v) is 7.22. The monoisotopic (exact) mass is 295 g/mol. The summed E-state index contributed by atoms with van der Waals surface area (Å²) in [5.41, 5.74) is 6.70. The summed E-state index contributed by atoms with van der Waals surface area (Å²) >= 11 is 7.59. The van der Waals surface area contributed by atoms with Gasteiger partial charge in [-0.15, -0.1) is 11.3 Å². The highest BCUT2D eigenvalue weighted by molar-refractivity contribution is 7.15. The van der Waals surface area contributed by atoms with Crippen molar-refractivity contribution in [3.63, 3.8) is 0 Å². The molecule has 6 heteroatoms. The van der Waals surface area contributed by atoms with Crippen molar-refractivity contribution in [2.75, 3.05) is 17.2 Å². The highest BCUT2D eigenvalue weighted by atomic mass is 35.5. The number of nitrogens with zero attached hydrogens (tertiary/aromatic N) is 2. The zero-order chi connectivity index (χ0) is 13.4. The van der Waals surface area contributed by atoms with E-state index >= 15 is 0 Å².